The molecule has 2 nitrogen and oxygen atoms in total. The van der Waals surface area contributed by atoms with E-state index in [1.165, 1.54) is 12.1 Å². The molecule has 0 aliphatic rings. The summed E-state index contributed by atoms with van der Waals surface area (Å²) >= 11 is 0. The van der Waals surface area contributed by atoms with Gasteiger partial charge in [-0.3, -0.25) is 0 Å². The lowest BCUT2D eigenvalue weighted by Gasteiger charge is -2.01. The van der Waals surface area contributed by atoms with Crippen LogP contribution < -0.4 is 10.6 Å². The van der Waals surface area contributed by atoms with Gasteiger partial charge in [0, 0.05) is 33.8 Å². The molecule has 2 aromatic heterocycles. The Bertz CT molecular complexity index is 862. The second kappa shape index (κ2) is 4.35. The molecular formula is C16H13FN2. The van der Waals surface area contributed by atoms with Crippen molar-refractivity contribution in [3.8, 4) is 11.3 Å². The molecule has 0 fully saturated rings. The first kappa shape index (κ1) is 11.7. The van der Waals surface area contributed by atoms with Crippen LogP contribution in [0.2, 0.25) is 0 Å². The fraction of sp³-hybridized carbons (Fsp3) is 0.0625. The average molecular weight is 252 g/mol. The quantitative estimate of drug-likeness (QED) is 0.708. The molecule has 3 heteroatoms. The maximum Gasteiger partial charge on any atom is 0.125 e. The number of pyridine rings is 1. The van der Waals surface area contributed by atoms with Crippen molar-refractivity contribution in [1.29, 1.82) is 0 Å². The maximum atomic E-state index is 13.3. The highest BCUT2D eigenvalue weighted by Crippen LogP contribution is 2.18. The lowest BCUT2D eigenvalue weighted by Crippen LogP contribution is -2.21. The second-order valence-corrected chi connectivity index (χ2v) is 4.42. The van der Waals surface area contributed by atoms with Crippen LogP contribution in [0.25, 0.3) is 34.8 Å². The van der Waals surface area contributed by atoms with Gasteiger partial charge < -0.3 is 4.98 Å². The van der Waals surface area contributed by atoms with Gasteiger partial charge in [-0.15, -0.1) is 0 Å². The number of benzene rings is 1. The number of hydrogen-bond donors (Lipinski definition) is 1. The molecule has 0 aliphatic heterocycles. The van der Waals surface area contributed by atoms with Gasteiger partial charge in [0.2, 0.25) is 0 Å². The van der Waals surface area contributed by atoms with Gasteiger partial charge in [-0.05, 0) is 25.1 Å². The first-order valence-corrected chi connectivity index (χ1v) is 6.08. The minimum Gasteiger partial charge on any atom is -0.361 e. The van der Waals surface area contributed by atoms with Crippen LogP contribution in [0.3, 0.4) is 0 Å². The summed E-state index contributed by atoms with van der Waals surface area (Å²) < 4.78 is 13.3. The van der Waals surface area contributed by atoms with E-state index in [0.29, 0.717) is 5.52 Å². The molecule has 0 unspecified atom stereocenters. The highest BCUT2D eigenvalue weighted by atomic mass is 19.1. The second-order valence-electron chi connectivity index (χ2n) is 4.42. The van der Waals surface area contributed by atoms with Gasteiger partial charge in [0.15, 0.2) is 0 Å². The van der Waals surface area contributed by atoms with Crippen LogP contribution in [0.4, 0.5) is 4.39 Å². The number of hydrogen-bond acceptors (Lipinski definition) is 1. The highest BCUT2D eigenvalue weighted by Gasteiger charge is 2.05. The molecule has 0 spiro atoms. The third-order valence-corrected chi connectivity index (χ3v) is 3.22. The number of fused-ring (bicyclic) bond motifs is 1. The average Bonchev–Trinajstić information content (AvgIpc) is 2.79. The van der Waals surface area contributed by atoms with Gasteiger partial charge in [0.1, 0.15) is 5.82 Å². The molecule has 0 atom stereocenters. The minimum absolute atomic E-state index is 0.272. The van der Waals surface area contributed by atoms with Crippen LogP contribution in [0, 0.1) is 5.82 Å². The van der Waals surface area contributed by atoms with E-state index in [1.54, 1.807) is 6.07 Å². The van der Waals surface area contributed by atoms with Crippen molar-refractivity contribution in [1.82, 2.24) is 9.97 Å². The Morgan fingerprint density at radius 3 is 2.84 bits per heavy atom. The van der Waals surface area contributed by atoms with Gasteiger partial charge in [0.05, 0.1) is 11.2 Å². The van der Waals surface area contributed by atoms with Crippen molar-refractivity contribution in [2.45, 2.75) is 6.92 Å². The van der Waals surface area contributed by atoms with Crippen LogP contribution in [0.1, 0.15) is 6.92 Å². The molecule has 0 radical (unpaired) electrons. The summed E-state index contributed by atoms with van der Waals surface area (Å²) in [5.74, 6) is -0.272. The summed E-state index contributed by atoms with van der Waals surface area (Å²) in [6.45, 7) is 5.90. The molecule has 0 amide bonds. The van der Waals surface area contributed by atoms with Gasteiger partial charge in [-0.1, -0.05) is 18.7 Å². The smallest absolute Gasteiger partial charge is 0.125 e. The maximum absolute atomic E-state index is 13.3. The van der Waals surface area contributed by atoms with Crippen molar-refractivity contribution in [3.05, 3.63) is 52.9 Å². The number of nitrogens with one attached hydrogen (secondary N) is 1. The molecule has 0 saturated carbocycles. The Hall–Kier alpha value is -2.42. The SMILES string of the molecule is C=c1[nH]cc(-c2ccc3ccc(F)cc3n2)c1=CC. The van der Waals surface area contributed by atoms with E-state index >= 15 is 0 Å². The number of rotatable bonds is 1. The third kappa shape index (κ3) is 1.93. The molecule has 94 valence electrons. The summed E-state index contributed by atoms with van der Waals surface area (Å²) in [6, 6.07) is 8.52. The fourth-order valence-electron chi connectivity index (χ4n) is 2.26. The van der Waals surface area contributed by atoms with Crippen LogP contribution in [-0.2, 0) is 0 Å². The van der Waals surface area contributed by atoms with Gasteiger partial charge in [-0.2, -0.15) is 0 Å². The molecular weight excluding hydrogens is 239 g/mol. The summed E-state index contributed by atoms with van der Waals surface area (Å²) in [5, 5.41) is 2.82. The van der Waals surface area contributed by atoms with Crippen LogP contribution in [0.5, 0.6) is 0 Å². The van der Waals surface area contributed by atoms with E-state index in [9.17, 15) is 4.39 Å². The standard InChI is InChI=1S/C16H13FN2/c1-3-13-10(2)18-9-14(13)15-7-5-11-4-6-12(17)8-16(11)19-15/h3-9,18H,2H2,1H3. The summed E-state index contributed by atoms with van der Waals surface area (Å²) in [4.78, 5) is 7.61. The summed E-state index contributed by atoms with van der Waals surface area (Å²) in [5.41, 5.74) is 2.46. The number of aromatic nitrogens is 2. The molecule has 0 aliphatic carbocycles. The molecule has 19 heavy (non-hydrogen) atoms. The summed E-state index contributed by atoms with van der Waals surface area (Å²) in [7, 11) is 0. The molecule has 0 bridgehead atoms. The molecule has 1 aromatic carbocycles. The number of H-pyrrole nitrogens is 1. The molecule has 3 aromatic rings. The monoisotopic (exact) mass is 252 g/mol. The predicted molar refractivity (Wildman–Crippen MR) is 76.4 cm³/mol. The Morgan fingerprint density at radius 1 is 1.26 bits per heavy atom. The first-order chi connectivity index (χ1) is 9.19. The normalized spacial score (nSPS) is 12.2. The Balaban J connectivity index is 2.28. The Kier molecular flexibility index (Phi) is 2.67. The van der Waals surface area contributed by atoms with E-state index in [2.05, 4.69) is 16.5 Å². The largest absolute Gasteiger partial charge is 0.361 e. The van der Waals surface area contributed by atoms with Crippen molar-refractivity contribution >= 4 is 23.6 Å². The van der Waals surface area contributed by atoms with Gasteiger partial charge in [0.25, 0.3) is 0 Å². The molecule has 1 N–H and O–H groups in total. The van der Waals surface area contributed by atoms with E-state index in [4.69, 9.17) is 0 Å². The molecule has 3 rings (SSSR count). The van der Waals surface area contributed by atoms with E-state index in [-0.39, 0.29) is 5.82 Å². The topological polar surface area (TPSA) is 28.7 Å². The van der Waals surface area contributed by atoms with Crippen LogP contribution in [0.15, 0.2) is 36.5 Å². The Morgan fingerprint density at radius 2 is 2.05 bits per heavy atom. The van der Waals surface area contributed by atoms with E-state index in [0.717, 1.165) is 27.2 Å². The lowest BCUT2D eigenvalue weighted by molar-refractivity contribution is 0.629. The van der Waals surface area contributed by atoms with Crippen molar-refractivity contribution < 1.29 is 4.39 Å². The third-order valence-electron chi connectivity index (χ3n) is 3.22. The summed E-state index contributed by atoms with van der Waals surface area (Å²) in [6.07, 6.45) is 3.87. The van der Waals surface area contributed by atoms with Gasteiger partial charge >= 0.3 is 0 Å². The number of nitrogens with zero attached hydrogens (tertiary/aromatic N) is 1. The van der Waals surface area contributed by atoms with Crippen molar-refractivity contribution in [2.24, 2.45) is 0 Å². The Labute approximate surface area is 109 Å². The fourth-order valence-corrected chi connectivity index (χ4v) is 2.26. The zero-order valence-corrected chi connectivity index (χ0v) is 10.6. The van der Waals surface area contributed by atoms with Crippen molar-refractivity contribution in [3.63, 3.8) is 0 Å². The zero-order chi connectivity index (χ0) is 13.4. The van der Waals surface area contributed by atoms with E-state index in [1.807, 2.05) is 31.3 Å². The number of aromatic amines is 1. The van der Waals surface area contributed by atoms with Crippen LogP contribution in [-0.4, -0.2) is 9.97 Å². The first-order valence-electron chi connectivity index (χ1n) is 6.08. The van der Waals surface area contributed by atoms with Crippen LogP contribution >= 0.6 is 0 Å². The number of halogens is 1. The minimum atomic E-state index is -0.272. The van der Waals surface area contributed by atoms with Gasteiger partial charge in [-0.25, -0.2) is 9.37 Å². The molecule has 2 heterocycles. The highest BCUT2D eigenvalue weighted by molar-refractivity contribution is 5.81. The predicted octanol–water partition coefficient (Wildman–Crippen LogP) is 2.58. The van der Waals surface area contributed by atoms with Crippen molar-refractivity contribution in [2.75, 3.05) is 0 Å². The molecule has 0 saturated heterocycles. The van der Waals surface area contributed by atoms with E-state index < -0.39 is 0 Å². The lowest BCUT2D eigenvalue weighted by atomic mass is 10.1. The zero-order valence-electron chi connectivity index (χ0n) is 10.6.